The highest BCUT2D eigenvalue weighted by Gasteiger charge is 2.30. The highest BCUT2D eigenvalue weighted by atomic mass is 32.2. The molecule has 1 unspecified atom stereocenters. The lowest BCUT2D eigenvalue weighted by Gasteiger charge is -2.34. The highest BCUT2D eigenvalue weighted by molar-refractivity contribution is 7.92. The van der Waals surface area contributed by atoms with Crippen molar-refractivity contribution in [3.8, 4) is 0 Å². The normalized spacial score (nSPS) is 21.8. The van der Waals surface area contributed by atoms with Crippen LogP contribution in [0.1, 0.15) is 43.7 Å². The lowest BCUT2D eigenvalue weighted by molar-refractivity contribution is 0.232. The SMILES string of the molecule is CS(=O)(=O)N1CCC(NC(=O)NC2CCCC2)c2ccccc21. The molecule has 1 atom stereocenters. The molecule has 126 valence electrons. The number of hydrogen-bond donors (Lipinski definition) is 2. The summed E-state index contributed by atoms with van der Waals surface area (Å²) in [6.45, 7) is 0.379. The molecule has 1 heterocycles. The van der Waals surface area contributed by atoms with Gasteiger partial charge in [0.25, 0.3) is 0 Å². The van der Waals surface area contributed by atoms with Gasteiger partial charge in [-0.15, -0.1) is 0 Å². The third-order valence-corrected chi connectivity index (χ3v) is 5.78. The van der Waals surface area contributed by atoms with Crippen LogP contribution in [0.2, 0.25) is 0 Å². The minimum absolute atomic E-state index is 0.161. The topological polar surface area (TPSA) is 78.5 Å². The van der Waals surface area contributed by atoms with E-state index in [0.717, 1.165) is 18.4 Å². The largest absolute Gasteiger partial charge is 0.335 e. The summed E-state index contributed by atoms with van der Waals surface area (Å²) in [5.74, 6) is 0. The van der Waals surface area contributed by atoms with Crippen LogP contribution in [-0.2, 0) is 10.0 Å². The number of fused-ring (bicyclic) bond motifs is 1. The number of para-hydroxylation sites is 1. The van der Waals surface area contributed by atoms with Crippen molar-refractivity contribution >= 4 is 21.7 Å². The molecule has 23 heavy (non-hydrogen) atoms. The van der Waals surface area contributed by atoms with Gasteiger partial charge >= 0.3 is 6.03 Å². The lowest BCUT2D eigenvalue weighted by atomic mass is 9.98. The summed E-state index contributed by atoms with van der Waals surface area (Å²) in [6.07, 6.45) is 6.20. The van der Waals surface area contributed by atoms with E-state index in [0.29, 0.717) is 18.7 Å². The van der Waals surface area contributed by atoms with Gasteiger partial charge in [0.2, 0.25) is 10.0 Å². The predicted octanol–water partition coefficient (Wildman–Crippen LogP) is 2.14. The monoisotopic (exact) mass is 337 g/mol. The summed E-state index contributed by atoms with van der Waals surface area (Å²) < 4.78 is 25.3. The number of hydrogen-bond acceptors (Lipinski definition) is 3. The molecular formula is C16H23N3O3S. The van der Waals surface area contributed by atoms with E-state index < -0.39 is 10.0 Å². The van der Waals surface area contributed by atoms with Crippen molar-refractivity contribution in [2.24, 2.45) is 0 Å². The molecule has 1 saturated carbocycles. The van der Waals surface area contributed by atoms with Gasteiger partial charge in [0.1, 0.15) is 0 Å². The average molecular weight is 337 g/mol. The summed E-state index contributed by atoms with van der Waals surface area (Å²) >= 11 is 0. The maximum atomic E-state index is 12.2. The molecule has 0 aromatic heterocycles. The Balaban J connectivity index is 1.74. The van der Waals surface area contributed by atoms with Gasteiger partial charge in [-0.1, -0.05) is 31.0 Å². The van der Waals surface area contributed by atoms with E-state index in [1.54, 1.807) is 6.07 Å². The number of benzene rings is 1. The van der Waals surface area contributed by atoms with Gasteiger partial charge < -0.3 is 10.6 Å². The number of nitrogens with one attached hydrogen (secondary N) is 2. The van der Waals surface area contributed by atoms with Crippen molar-refractivity contribution in [2.45, 2.75) is 44.2 Å². The van der Waals surface area contributed by atoms with Gasteiger partial charge in [-0.2, -0.15) is 0 Å². The summed E-state index contributed by atoms with van der Waals surface area (Å²) in [5.41, 5.74) is 1.51. The first-order chi connectivity index (χ1) is 10.9. The number of nitrogens with zero attached hydrogens (tertiary/aromatic N) is 1. The van der Waals surface area contributed by atoms with Crippen molar-refractivity contribution in [1.82, 2.24) is 10.6 Å². The first-order valence-corrected chi connectivity index (χ1v) is 9.93. The Kier molecular flexibility index (Phi) is 4.48. The molecule has 0 bridgehead atoms. The Bertz CT molecular complexity index is 684. The molecule has 1 aromatic carbocycles. The minimum Gasteiger partial charge on any atom is -0.335 e. The van der Waals surface area contributed by atoms with E-state index in [-0.39, 0.29) is 18.1 Å². The van der Waals surface area contributed by atoms with E-state index >= 15 is 0 Å². The van der Waals surface area contributed by atoms with Crippen LogP contribution in [0.4, 0.5) is 10.5 Å². The smallest absolute Gasteiger partial charge is 0.315 e. The number of rotatable bonds is 3. The fourth-order valence-electron chi connectivity index (χ4n) is 3.48. The van der Waals surface area contributed by atoms with Crippen LogP contribution in [0.15, 0.2) is 24.3 Å². The second-order valence-electron chi connectivity index (χ2n) is 6.33. The Hall–Kier alpha value is -1.76. The van der Waals surface area contributed by atoms with Gasteiger partial charge in [-0.05, 0) is 30.9 Å². The maximum absolute atomic E-state index is 12.2. The Morgan fingerprint density at radius 3 is 2.52 bits per heavy atom. The van der Waals surface area contributed by atoms with Crippen molar-refractivity contribution < 1.29 is 13.2 Å². The highest BCUT2D eigenvalue weighted by Crippen LogP contribution is 2.34. The predicted molar refractivity (Wildman–Crippen MR) is 89.9 cm³/mol. The van der Waals surface area contributed by atoms with Crippen LogP contribution in [0.25, 0.3) is 0 Å². The zero-order valence-electron chi connectivity index (χ0n) is 13.3. The molecule has 2 N–H and O–H groups in total. The number of sulfonamides is 1. The molecule has 1 aromatic rings. The Labute approximate surface area is 137 Å². The van der Waals surface area contributed by atoms with Gasteiger partial charge in [0.05, 0.1) is 18.0 Å². The maximum Gasteiger partial charge on any atom is 0.315 e. The van der Waals surface area contributed by atoms with Crippen LogP contribution in [0.5, 0.6) is 0 Å². The van der Waals surface area contributed by atoms with E-state index in [4.69, 9.17) is 0 Å². The summed E-state index contributed by atoms with van der Waals surface area (Å²) in [4.78, 5) is 12.2. The third kappa shape index (κ3) is 3.60. The molecular weight excluding hydrogens is 314 g/mol. The molecule has 3 rings (SSSR count). The zero-order chi connectivity index (χ0) is 16.4. The molecule has 1 aliphatic carbocycles. The molecule has 1 aliphatic heterocycles. The average Bonchev–Trinajstić information content (AvgIpc) is 2.99. The number of carbonyl (C=O) groups excluding carboxylic acids is 1. The lowest BCUT2D eigenvalue weighted by Crippen LogP contribution is -2.45. The molecule has 2 amide bonds. The first-order valence-electron chi connectivity index (χ1n) is 8.09. The number of anilines is 1. The fraction of sp³-hybridized carbons (Fsp3) is 0.562. The van der Waals surface area contributed by atoms with Crippen molar-refractivity contribution in [2.75, 3.05) is 17.1 Å². The molecule has 7 heteroatoms. The van der Waals surface area contributed by atoms with Crippen molar-refractivity contribution in [3.63, 3.8) is 0 Å². The van der Waals surface area contributed by atoms with E-state index in [2.05, 4.69) is 10.6 Å². The third-order valence-electron chi connectivity index (χ3n) is 4.60. The number of carbonyl (C=O) groups is 1. The second kappa shape index (κ2) is 6.39. The van der Waals surface area contributed by atoms with Gasteiger partial charge in [-0.3, -0.25) is 4.31 Å². The summed E-state index contributed by atoms with van der Waals surface area (Å²) in [7, 11) is -3.30. The molecule has 2 aliphatic rings. The van der Waals surface area contributed by atoms with Crippen molar-refractivity contribution in [3.05, 3.63) is 29.8 Å². The summed E-state index contributed by atoms with van der Waals surface area (Å²) in [6, 6.07) is 7.30. The standard InChI is InChI=1S/C16H23N3O3S/c1-23(21,22)19-11-10-14(13-8-4-5-9-15(13)19)18-16(20)17-12-6-2-3-7-12/h4-5,8-9,12,14H,2-3,6-7,10-11H2,1H3,(H2,17,18,20). The number of amides is 2. The van der Waals surface area contributed by atoms with Crippen molar-refractivity contribution in [1.29, 1.82) is 0 Å². The van der Waals surface area contributed by atoms with Crippen LogP contribution < -0.4 is 14.9 Å². The van der Waals surface area contributed by atoms with Gasteiger partial charge in [0, 0.05) is 12.6 Å². The zero-order valence-corrected chi connectivity index (χ0v) is 14.1. The quantitative estimate of drug-likeness (QED) is 0.887. The fourth-order valence-corrected chi connectivity index (χ4v) is 4.44. The first kappa shape index (κ1) is 16.1. The number of urea groups is 1. The molecule has 1 fully saturated rings. The van der Waals surface area contributed by atoms with E-state index in [1.165, 1.54) is 23.4 Å². The Morgan fingerprint density at radius 1 is 1.13 bits per heavy atom. The summed E-state index contributed by atoms with van der Waals surface area (Å²) in [5, 5.41) is 6.02. The molecule has 0 spiro atoms. The van der Waals surface area contributed by atoms with Gasteiger partial charge in [-0.25, -0.2) is 13.2 Å². The minimum atomic E-state index is -3.30. The molecule has 0 saturated heterocycles. The van der Waals surface area contributed by atoms with Crippen LogP contribution in [0.3, 0.4) is 0 Å². The van der Waals surface area contributed by atoms with Crippen LogP contribution >= 0.6 is 0 Å². The van der Waals surface area contributed by atoms with Crippen LogP contribution in [-0.4, -0.2) is 33.3 Å². The van der Waals surface area contributed by atoms with Crippen LogP contribution in [0, 0.1) is 0 Å². The second-order valence-corrected chi connectivity index (χ2v) is 8.24. The Morgan fingerprint density at radius 2 is 1.83 bits per heavy atom. The van der Waals surface area contributed by atoms with E-state index in [9.17, 15) is 13.2 Å². The molecule has 0 radical (unpaired) electrons. The van der Waals surface area contributed by atoms with Gasteiger partial charge in [0.15, 0.2) is 0 Å². The van der Waals surface area contributed by atoms with E-state index in [1.807, 2.05) is 18.2 Å². The molecule has 6 nitrogen and oxygen atoms in total.